The lowest BCUT2D eigenvalue weighted by atomic mass is 9.79. The van der Waals surface area contributed by atoms with Gasteiger partial charge in [0.15, 0.2) is 0 Å². The van der Waals surface area contributed by atoms with Gasteiger partial charge in [-0.1, -0.05) is 61.4 Å². The van der Waals surface area contributed by atoms with Crippen molar-refractivity contribution in [1.82, 2.24) is 20.2 Å². The number of hydrogen-bond acceptors (Lipinski definition) is 4. The van der Waals surface area contributed by atoms with E-state index in [4.69, 9.17) is 0 Å². The number of H-pyrrole nitrogens is 1. The molecule has 0 bridgehead atoms. The van der Waals surface area contributed by atoms with Crippen LogP contribution in [0.15, 0.2) is 79.1 Å². The number of carbonyl (C=O) groups excluding carboxylic acids is 2. The third-order valence-electron chi connectivity index (χ3n) is 8.99. The van der Waals surface area contributed by atoms with E-state index in [2.05, 4.69) is 74.0 Å². The predicted octanol–water partition coefficient (Wildman–Crippen LogP) is 5.61. The van der Waals surface area contributed by atoms with Crippen LogP contribution in [0.25, 0.3) is 11.0 Å². The maximum absolute atomic E-state index is 14.3. The largest absolute Gasteiger partial charge is 0.378 e. The Bertz CT molecular complexity index is 1520. The molecule has 1 saturated heterocycles. The van der Waals surface area contributed by atoms with Gasteiger partial charge in [0.2, 0.25) is 5.91 Å². The minimum absolute atomic E-state index is 0.0282. The molecule has 3 N–H and O–H groups in total. The number of fused-ring (bicyclic) bond motifs is 4. The van der Waals surface area contributed by atoms with Gasteiger partial charge in [0.1, 0.15) is 0 Å². The number of likely N-dealkylation sites (tertiary alicyclic amines) is 1. The number of nitrogens with zero attached hydrogens (tertiary/aromatic N) is 2. The number of hydrogen-bond donors (Lipinski definition) is 3. The molecular formula is C32H33N5O2. The van der Waals surface area contributed by atoms with Gasteiger partial charge < -0.3 is 20.5 Å². The summed E-state index contributed by atoms with van der Waals surface area (Å²) in [6.45, 7) is 0.737. The minimum Gasteiger partial charge on any atom is -0.378 e. The number of carbonyl (C=O) groups is 2. The Hall–Kier alpha value is -4.13. The van der Waals surface area contributed by atoms with Crippen molar-refractivity contribution >= 4 is 28.5 Å². The van der Waals surface area contributed by atoms with Crippen molar-refractivity contribution in [3.8, 4) is 0 Å². The Labute approximate surface area is 228 Å². The quantitative estimate of drug-likeness (QED) is 0.327. The van der Waals surface area contributed by atoms with Crippen molar-refractivity contribution in [3.05, 3.63) is 95.8 Å². The first kappa shape index (κ1) is 23.9. The van der Waals surface area contributed by atoms with Crippen LogP contribution in [-0.2, 0) is 4.79 Å². The van der Waals surface area contributed by atoms with Crippen LogP contribution in [0.4, 0.5) is 5.69 Å². The van der Waals surface area contributed by atoms with E-state index >= 15 is 0 Å². The van der Waals surface area contributed by atoms with Crippen molar-refractivity contribution in [2.75, 3.05) is 11.9 Å². The third-order valence-corrected chi connectivity index (χ3v) is 8.99. The lowest BCUT2D eigenvalue weighted by molar-refractivity contribution is -0.138. The van der Waals surface area contributed by atoms with E-state index in [0.717, 1.165) is 55.4 Å². The van der Waals surface area contributed by atoms with Gasteiger partial charge in [-0.25, -0.2) is 4.98 Å². The summed E-state index contributed by atoms with van der Waals surface area (Å²) in [5.41, 5.74) is 5.80. The normalized spacial score (nSPS) is 25.9. The molecule has 1 aliphatic carbocycles. The van der Waals surface area contributed by atoms with E-state index in [-0.39, 0.29) is 35.9 Å². The summed E-state index contributed by atoms with van der Waals surface area (Å²) in [5.74, 6) is 0.121. The van der Waals surface area contributed by atoms with E-state index in [0.29, 0.717) is 11.5 Å². The van der Waals surface area contributed by atoms with Gasteiger partial charge in [-0.2, -0.15) is 0 Å². The summed E-state index contributed by atoms with van der Waals surface area (Å²) in [6, 6.07) is 24.5. The molecule has 3 heterocycles. The highest BCUT2D eigenvalue weighted by atomic mass is 16.2. The van der Waals surface area contributed by atoms with Gasteiger partial charge in [-0.3, -0.25) is 9.59 Å². The van der Waals surface area contributed by atoms with Crippen molar-refractivity contribution < 1.29 is 9.59 Å². The summed E-state index contributed by atoms with van der Waals surface area (Å²) in [6.07, 6.45) is 6.23. The van der Waals surface area contributed by atoms with Gasteiger partial charge in [-0.15, -0.1) is 0 Å². The van der Waals surface area contributed by atoms with Gasteiger partial charge in [0.05, 0.1) is 35.4 Å². The lowest BCUT2D eigenvalue weighted by Crippen LogP contribution is -2.50. The third kappa shape index (κ3) is 4.26. The van der Waals surface area contributed by atoms with E-state index in [1.807, 2.05) is 24.3 Å². The molecule has 2 fully saturated rings. The molecule has 2 amide bonds. The number of para-hydroxylation sites is 1. The van der Waals surface area contributed by atoms with Crippen LogP contribution in [0.2, 0.25) is 0 Å². The molecule has 5 atom stereocenters. The molecule has 3 aliphatic rings. The first-order chi connectivity index (χ1) is 19.2. The lowest BCUT2D eigenvalue weighted by Gasteiger charge is -2.42. The molecule has 1 aromatic heterocycles. The number of amides is 2. The molecule has 4 aromatic rings. The summed E-state index contributed by atoms with van der Waals surface area (Å²) < 4.78 is 0. The molecule has 39 heavy (non-hydrogen) atoms. The molecular weight excluding hydrogens is 486 g/mol. The van der Waals surface area contributed by atoms with Crippen LogP contribution < -0.4 is 10.6 Å². The number of imidazole rings is 1. The molecule has 3 aromatic carbocycles. The molecule has 198 valence electrons. The molecule has 2 aliphatic heterocycles. The van der Waals surface area contributed by atoms with E-state index in [1.165, 1.54) is 11.1 Å². The van der Waals surface area contributed by atoms with Crippen molar-refractivity contribution in [1.29, 1.82) is 0 Å². The average molecular weight is 520 g/mol. The fourth-order valence-corrected chi connectivity index (χ4v) is 7.10. The maximum atomic E-state index is 14.3. The van der Waals surface area contributed by atoms with Crippen molar-refractivity contribution in [3.63, 3.8) is 0 Å². The van der Waals surface area contributed by atoms with Crippen molar-refractivity contribution in [2.45, 2.75) is 50.2 Å². The molecule has 7 heteroatoms. The molecule has 7 rings (SSSR count). The van der Waals surface area contributed by atoms with Crippen LogP contribution in [0.5, 0.6) is 0 Å². The number of benzene rings is 3. The van der Waals surface area contributed by atoms with Gasteiger partial charge in [0.25, 0.3) is 5.91 Å². The number of aromatic amines is 1. The van der Waals surface area contributed by atoms with Crippen LogP contribution in [0.1, 0.15) is 65.7 Å². The monoisotopic (exact) mass is 519 g/mol. The molecule has 1 saturated carbocycles. The zero-order valence-corrected chi connectivity index (χ0v) is 21.8. The zero-order chi connectivity index (χ0) is 26.3. The molecule has 0 unspecified atom stereocenters. The first-order valence-electron chi connectivity index (χ1n) is 14.1. The Kier molecular flexibility index (Phi) is 6.06. The first-order valence-corrected chi connectivity index (χ1v) is 14.1. The Balaban J connectivity index is 1.15. The second kappa shape index (κ2) is 9.88. The predicted molar refractivity (Wildman–Crippen MR) is 151 cm³/mol. The van der Waals surface area contributed by atoms with Crippen LogP contribution >= 0.6 is 0 Å². The summed E-state index contributed by atoms with van der Waals surface area (Å²) in [5, 5.41) is 7.02. The highest BCUT2D eigenvalue weighted by Gasteiger charge is 2.48. The summed E-state index contributed by atoms with van der Waals surface area (Å²) in [7, 11) is 0. The van der Waals surface area contributed by atoms with E-state index in [1.54, 1.807) is 6.33 Å². The fraction of sp³-hybridized carbons (Fsp3) is 0.344. The summed E-state index contributed by atoms with van der Waals surface area (Å²) >= 11 is 0. The van der Waals surface area contributed by atoms with Crippen LogP contribution in [0, 0.1) is 11.8 Å². The second-order valence-corrected chi connectivity index (χ2v) is 11.2. The topological polar surface area (TPSA) is 90.1 Å². The fourth-order valence-electron chi connectivity index (χ4n) is 7.10. The number of rotatable bonds is 4. The van der Waals surface area contributed by atoms with E-state index < -0.39 is 0 Å². The van der Waals surface area contributed by atoms with Crippen molar-refractivity contribution in [2.24, 2.45) is 11.8 Å². The Morgan fingerprint density at radius 2 is 1.74 bits per heavy atom. The van der Waals surface area contributed by atoms with Gasteiger partial charge >= 0.3 is 0 Å². The Morgan fingerprint density at radius 1 is 0.923 bits per heavy atom. The molecule has 0 radical (unpaired) electrons. The maximum Gasteiger partial charge on any atom is 0.251 e. The summed E-state index contributed by atoms with van der Waals surface area (Å²) in [4.78, 5) is 37.1. The molecule has 7 nitrogen and oxygen atoms in total. The highest BCUT2D eigenvalue weighted by molar-refractivity contribution is 5.97. The van der Waals surface area contributed by atoms with Crippen LogP contribution in [0.3, 0.4) is 0 Å². The minimum atomic E-state index is -0.215. The molecule has 0 spiro atoms. The second-order valence-electron chi connectivity index (χ2n) is 11.2. The van der Waals surface area contributed by atoms with E-state index in [9.17, 15) is 9.59 Å². The number of anilines is 1. The Morgan fingerprint density at radius 3 is 2.64 bits per heavy atom. The standard InChI is InChI=1S/C32H33N5O2/c38-31(21-14-15-27-28(18-21)34-19-33-27)36-26-13-7-5-11-23(26)32(39)37-17-16-24-29(20-8-2-1-3-9-20)35-25-12-6-4-10-22(25)30(24)37/h1-4,6,8-10,12,14-15,18-19,23-24,26,29-30,35H,5,7,11,13,16-17H2,(H,33,34)(H,36,38)/t23-,24+,26+,29-,30-/m0/s1. The number of nitrogens with one attached hydrogen (secondary N) is 3. The average Bonchev–Trinajstić information content (AvgIpc) is 3.64. The van der Waals surface area contributed by atoms with Gasteiger partial charge in [0, 0.05) is 29.8 Å². The highest BCUT2D eigenvalue weighted by Crippen LogP contribution is 2.51. The van der Waals surface area contributed by atoms with Crippen LogP contribution in [-0.4, -0.2) is 39.3 Å². The number of aromatic nitrogens is 2. The zero-order valence-electron chi connectivity index (χ0n) is 21.8. The van der Waals surface area contributed by atoms with Gasteiger partial charge in [-0.05, 0) is 54.7 Å². The smallest absolute Gasteiger partial charge is 0.251 e. The SMILES string of the molecule is O=C(N[C@@H]1CCCC[C@@H]1C(=O)N1CC[C@@H]2[C@H](c3ccccc3)Nc3ccccc3[C@@H]21)c1ccc2[nH]cnc2c1.